The predicted octanol–water partition coefficient (Wildman–Crippen LogP) is 3.84. The molecule has 1 aromatic carbocycles. The smallest absolute Gasteiger partial charge is 0.232 e. The van der Waals surface area contributed by atoms with Crippen molar-refractivity contribution in [2.75, 3.05) is 12.8 Å². The molecule has 0 aliphatic rings. The maximum absolute atomic E-state index is 12.3. The van der Waals surface area contributed by atoms with E-state index in [-0.39, 0.29) is 5.91 Å². The van der Waals surface area contributed by atoms with E-state index in [9.17, 15) is 4.79 Å². The topological polar surface area (TPSA) is 37.6 Å². The summed E-state index contributed by atoms with van der Waals surface area (Å²) in [4.78, 5) is 18.7. The second kappa shape index (κ2) is 7.74. The van der Waals surface area contributed by atoms with Gasteiger partial charge >= 0.3 is 0 Å². The number of benzene rings is 1. The maximum atomic E-state index is 12.3. The van der Waals surface area contributed by atoms with Gasteiger partial charge in [-0.25, -0.2) is 4.98 Å². The molecule has 0 aliphatic carbocycles. The Morgan fingerprint density at radius 3 is 2.76 bits per heavy atom. The van der Waals surface area contributed by atoms with E-state index in [0.29, 0.717) is 12.3 Å². The predicted molar refractivity (Wildman–Crippen MR) is 104 cm³/mol. The first-order valence-corrected chi connectivity index (χ1v) is 9.49. The molecular formula is C20H23N3OS. The van der Waals surface area contributed by atoms with Crippen LogP contribution in [0.25, 0.3) is 5.65 Å². The third kappa shape index (κ3) is 4.42. The SMILES string of the molecule is Cc1ccc2nc(CSCC(=O)N(C)Cc3ccccc3C)cn2c1. The molecular weight excluding hydrogens is 330 g/mol. The fourth-order valence-corrected chi connectivity index (χ4v) is 3.55. The minimum absolute atomic E-state index is 0.146. The van der Waals surface area contributed by atoms with Gasteiger partial charge in [0.2, 0.25) is 5.91 Å². The molecule has 1 amide bonds. The quantitative estimate of drug-likeness (QED) is 0.676. The van der Waals surface area contributed by atoms with Crippen LogP contribution in [-0.4, -0.2) is 33.0 Å². The molecule has 25 heavy (non-hydrogen) atoms. The number of thioether (sulfide) groups is 1. The molecule has 0 saturated carbocycles. The lowest BCUT2D eigenvalue weighted by atomic mass is 10.1. The highest BCUT2D eigenvalue weighted by molar-refractivity contribution is 7.99. The van der Waals surface area contributed by atoms with Gasteiger partial charge in [-0.2, -0.15) is 0 Å². The van der Waals surface area contributed by atoms with Gasteiger partial charge in [0.25, 0.3) is 0 Å². The Bertz CT molecular complexity index is 888. The molecule has 0 radical (unpaired) electrons. The van der Waals surface area contributed by atoms with Crippen molar-refractivity contribution in [2.24, 2.45) is 0 Å². The molecule has 130 valence electrons. The molecule has 0 unspecified atom stereocenters. The molecule has 3 rings (SSSR count). The van der Waals surface area contributed by atoms with Gasteiger partial charge in [0.05, 0.1) is 11.4 Å². The Hall–Kier alpha value is -2.27. The van der Waals surface area contributed by atoms with E-state index < -0.39 is 0 Å². The molecule has 0 aliphatic heterocycles. The maximum Gasteiger partial charge on any atom is 0.232 e. The van der Waals surface area contributed by atoms with E-state index in [2.05, 4.69) is 43.2 Å². The van der Waals surface area contributed by atoms with Crippen molar-refractivity contribution in [3.8, 4) is 0 Å². The van der Waals surface area contributed by atoms with E-state index in [0.717, 1.165) is 17.1 Å². The zero-order valence-electron chi connectivity index (χ0n) is 14.9. The van der Waals surface area contributed by atoms with Crippen molar-refractivity contribution in [1.29, 1.82) is 0 Å². The number of nitrogens with zero attached hydrogens (tertiary/aromatic N) is 3. The Balaban J connectivity index is 1.52. The average Bonchev–Trinajstić information content (AvgIpc) is 2.98. The lowest BCUT2D eigenvalue weighted by Crippen LogP contribution is -2.28. The molecule has 5 heteroatoms. The number of hydrogen-bond acceptors (Lipinski definition) is 3. The number of imidazole rings is 1. The Labute approximate surface area is 152 Å². The lowest BCUT2D eigenvalue weighted by Gasteiger charge is -2.18. The summed E-state index contributed by atoms with van der Waals surface area (Å²) in [6.07, 6.45) is 4.11. The molecule has 4 nitrogen and oxygen atoms in total. The Morgan fingerprint density at radius 1 is 1.16 bits per heavy atom. The highest BCUT2D eigenvalue weighted by Crippen LogP contribution is 2.15. The van der Waals surface area contributed by atoms with E-state index in [1.807, 2.05) is 35.8 Å². The molecule has 3 aromatic rings. The van der Waals surface area contributed by atoms with Gasteiger partial charge in [-0.3, -0.25) is 4.79 Å². The third-order valence-electron chi connectivity index (χ3n) is 4.22. The number of amides is 1. The summed E-state index contributed by atoms with van der Waals surface area (Å²) in [5.41, 5.74) is 5.57. The standard InChI is InChI=1S/C20H23N3OS/c1-15-8-9-19-21-18(12-23(19)10-15)13-25-14-20(24)22(3)11-17-7-5-4-6-16(17)2/h4-10,12H,11,13-14H2,1-3H3. The second-order valence-electron chi connectivity index (χ2n) is 6.37. The number of pyridine rings is 1. The summed E-state index contributed by atoms with van der Waals surface area (Å²) in [6.45, 7) is 4.80. The highest BCUT2D eigenvalue weighted by atomic mass is 32.2. The molecule has 0 bridgehead atoms. The second-order valence-corrected chi connectivity index (χ2v) is 7.36. The van der Waals surface area contributed by atoms with Crippen LogP contribution in [0.5, 0.6) is 0 Å². The van der Waals surface area contributed by atoms with Gasteiger partial charge in [0, 0.05) is 31.7 Å². The third-order valence-corrected chi connectivity index (χ3v) is 5.17. The first-order valence-electron chi connectivity index (χ1n) is 8.33. The highest BCUT2D eigenvalue weighted by Gasteiger charge is 2.11. The first kappa shape index (κ1) is 17.5. The Morgan fingerprint density at radius 2 is 1.96 bits per heavy atom. The van der Waals surface area contributed by atoms with Crippen LogP contribution in [0.4, 0.5) is 0 Å². The molecule has 2 aromatic heterocycles. The molecule has 0 spiro atoms. The van der Waals surface area contributed by atoms with Crippen molar-refractivity contribution in [3.63, 3.8) is 0 Å². The van der Waals surface area contributed by atoms with Crippen LogP contribution in [0.2, 0.25) is 0 Å². The van der Waals surface area contributed by atoms with Gasteiger partial charge in [-0.15, -0.1) is 11.8 Å². The number of fused-ring (bicyclic) bond motifs is 1. The molecule has 0 saturated heterocycles. The van der Waals surface area contributed by atoms with Gasteiger partial charge in [0.1, 0.15) is 5.65 Å². The van der Waals surface area contributed by atoms with Crippen LogP contribution in [0.15, 0.2) is 48.8 Å². The van der Waals surface area contributed by atoms with E-state index in [4.69, 9.17) is 0 Å². The van der Waals surface area contributed by atoms with Crippen molar-refractivity contribution in [2.45, 2.75) is 26.1 Å². The van der Waals surface area contributed by atoms with Gasteiger partial charge in [-0.1, -0.05) is 30.3 Å². The minimum Gasteiger partial charge on any atom is -0.341 e. The molecule has 0 atom stereocenters. The van der Waals surface area contributed by atoms with Crippen LogP contribution < -0.4 is 0 Å². The largest absolute Gasteiger partial charge is 0.341 e. The number of carbonyl (C=O) groups excluding carboxylic acids is 1. The number of rotatable bonds is 6. The number of aromatic nitrogens is 2. The molecule has 2 heterocycles. The van der Waals surface area contributed by atoms with Crippen molar-refractivity contribution in [3.05, 3.63) is 71.2 Å². The Kier molecular flexibility index (Phi) is 5.43. The van der Waals surface area contributed by atoms with E-state index in [1.165, 1.54) is 16.7 Å². The van der Waals surface area contributed by atoms with E-state index in [1.54, 1.807) is 16.7 Å². The summed E-state index contributed by atoms with van der Waals surface area (Å²) in [5, 5.41) is 0. The number of aryl methyl sites for hydroxylation is 2. The van der Waals surface area contributed by atoms with Crippen molar-refractivity contribution in [1.82, 2.24) is 14.3 Å². The number of hydrogen-bond donors (Lipinski definition) is 0. The number of carbonyl (C=O) groups is 1. The monoisotopic (exact) mass is 353 g/mol. The lowest BCUT2D eigenvalue weighted by molar-refractivity contribution is -0.127. The van der Waals surface area contributed by atoms with Crippen LogP contribution >= 0.6 is 11.8 Å². The summed E-state index contributed by atoms with van der Waals surface area (Å²) in [7, 11) is 1.86. The van der Waals surface area contributed by atoms with Crippen LogP contribution in [0.3, 0.4) is 0 Å². The van der Waals surface area contributed by atoms with Crippen LogP contribution in [0.1, 0.15) is 22.4 Å². The minimum atomic E-state index is 0.146. The normalized spacial score (nSPS) is 11.0. The summed E-state index contributed by atoms with van der Waals surface area (Å²) in [5.74, 6) is 1.35. The summed E-state index contributed by atoms with van der Waals surface area (Å²) in [6, 6.07) is 12.3. The van der Waals surface area contributed by atoms with Gasteiger partial charge in [0.15, 0.2) is 0 Å². The average molecular weight is 353 g/mol. The fraction of sp³-hybridized carbons (Fsp3) is 0.300. The van der Waals surface area contributed by atoms with Gasteiger partial charge in [-0.05, 0) is 36.6 Å². The van der Waals surface area contributed by atoms with Crippen molar-refractivity contribution >= 4 is 23.3 Å². The zero-order chi connectivity index (χ0) is 17.8. The fourth-order valence-electron chi connectivity index (χ4n) is 2.71. The molecule has 0 fully saturated rings. The molecule has 0 N–H and O–H groups in total. The van der Waals surface area contributed by atoms with Crippen molar-refractivity contribution < 1.29 is 4.79 Å². The van der Waals surface area contributed by atoms with Crippen LogP contribution in [0, 0.1) is 13.8 Å². The van der Waals surface area contributed by atoms with E-state index >= 15 is 0 Å². The summed E-state index contributed by atoms with van der Waals surface area (Å²) >= 11 is 1.61. The van der Waals surface area contributed by atoms with Gasteiger partial charge < -0.3 is 9.30 Å². The van der Waals surface area contributed by atoms with Crippen LogP contribution in [-0.2, 0) is 17.1 Å². The summed E-state index contributed by atoms with van der Waals surface area (Å²) < 4.78 is 2.04. The first-order chi connectivity index (χ1) is 12.0. The zero-order valence-corrected chi connectivity index (χ0v) is 15.7.